The topological polar surface area (TPSA) is 105 Å². The van der Waals surface area contributed by atoms with Gasteiger partial charge in [-0.25, -0.2) is 9.86 Å². The molecule has 4 N–H and O–H groups in total. The molecule has 7 nitrogen and oxygen atoms in total. The molecular formula is C14H21N3O4. The molecule has 0 heterocycles. The lowest BCUT2D eigenvalue weighted by Gasteiger charge is -2.15. The van der Waals surface area contributed by atoms with Gasteiger partial charge in [-0.2, -0.15) is 0 Å². The van der Waals surface area contributed by atoms with Gasteiger partial charge < -0.3 is 15.8 Å². The van der Waals surface area contributed by atoms with E-state index in [-0.39, 0.29) is 13.1 Å². The Kier molecular flexibility index (Phi) is 7.03. The maximum absolute atomic E-state index is 11.9. The number of urea groups is 1. The number of nitrogens with one attached hydrogen (secondary N) is 1. The predicted octanol–water partition coefficient (Wildman–Crippen LogP) is 1.37. The lowest BCUT2D eigenvalue weighted by Crippen LogP contribution is -2.38. The SMILES string of the molecule is CCCCOc1ccc(C(=O)N(O)CCNC(N)=O)cc1. The molecule has 0 spiro atoms. The fourth-order valence-electron chi connectivity index (χ4n) is 1.56. The normalized spacial score (nSPS) is 10.0. The van der Waals surface area contributed by atoms with Crippen LogP contribution in [0.2, 0.25) is 0 Å². The zero-order valence-electron chi connectivity index (χ0n) is 12.0. The predicted molar refractivity (Wildman–Crippen MR) is 77.3 cm³/mol. The summed E-state index contributed by atoms with van der Waals surface area (Å²) in [6, 6.07) is 5.81. The molecule has 21 heavy (non-hydrogen) atoms. The molecule has 0 saturated heterocycles. The van der Waals surface area contributed by atoms with Crippen LogP contribution in [0.3, 0.4) is 0 Å². The summed E-state index contributed by atoms with van der Waals surface area (Å²) < 4.78 is 5.48. The zero-order chi connectivity index (χ0) is 15.7. The second-order valence-corrected chi connectivity index (χ2v) is 4.45. The van der Waals surface area contributed by atoms with Gasteiger partial charge in [0.25, 0.3) is 5.91 Å². The van der Waals surface area contributed by atoms with E-state index in [0.29, 0.717) is 23.0 Å². The first-order chi connectivity index (χ1) is 10.0. The van der Waals surface area contributed by atoms with Crippen molar-refractivity contribution in [3.8, 4) is 5.75 Å². The van der Waals surface area contributed by atoms with Gasteiger partial charge in [-0.05, 0) is 30.7 Å². The summed E-state index contributed by atoms with van der Waals surface area (Å²) in [7, 11) is 0. The van der Waals surface area contributed by atoms with Crippen molar-refractivity contribution >= 4 is 11.9 Å². The molecule has 0 radical (unpaired) electrons. The number of carbonyl (C=O) groups is 2. The van der Waals surface area contributed by atoms with Crippen LogP contribution in [0.15, 0.2) is 24.3 Å². The Balaban J connectivity index is 2.48. The number of nitrogens with two attached hydrogens (primary N) is 1. The highest BCUT2D eigenvalue weighted by Gasteiger charge is 2.13. The van der Waals surface area contributed by atoms with Crippen LogP contribution in [0.25, 0.3) is 0 Å². The number of nitrogens with zero attached hydrogens (tertiary/aromatic N) is 1. The summed E-state index contributed by atoms with van der Waals surface area (Å²) in [6.07, 6.45) is 2.02. The molecular weight excluding hydrogens is 274 g/mol. The Bertz CT molecular complexity index is 462. The number of primary amides is 1. The van der Waals surface area contributed by atoms with Gasteiger partial charge >= 0.3 is 6.03 Å². The van der Waals surface area contributed by atoms with E-state index < -0.39 is 11.9 Å². The van der Waals surface area contributed by atoms with Crippen molar-refractivity contribution in [1.82, 2.24) is 10.4 Å². The van der Waals surface area contributed by atoms with Crippen molar-refractivity contribution in [1.29, 1.82) is 0 Å². The molecule has 3 amide bonds. The van der Waals surface area contributed by atoms with Crippen LogP contribution < -0.4 is 15.8 Å². The largest absolute Gasteiger partial charge is 0.494 e. The smallest absolute Gasteiger partial charge is 0.312 e. The van der Waals surface area contributed by atoms with Gasteiger partial charge in [0, 0.05) is 12.1 Å². The molecule has 0 aliphatic carbocycles. The van der Waals surface area contributed by atoms with E-state index in [9.17, 15) is 14.8 Å². The molecule has 1 rings (SSSR count). The highest BCUT2D eigenvalue weighted by Crippen LogP contribution is 2.13. The molecule has 0 atom stereocenters. The third kappa shape index (κ3) is 6.13. The number of ether oxygens (including phenoxy) is 1. The summed E-state index contributed by atoms with van der Waals surface area (Å²) in [4.78, 5) is 22.4. The van der Waals surface area contributed by atoms with Gasteiger partial charge in [-0.15, -0.1) is 0 Å². The minimum absolute atomic E-state index is 0.0451. The van der Waals surface area contributed by atoms with Gasteiger partial charge in [0.15, 0.2) is 0 Å². The third-order valence-corrected chi connectivity index (χ3v) is 2.73. The summed E-state index contributed by atoms with van der Waals surface area (Å²) in [5, 5.41) is 12.4. The van der Waals surface area contributed by atoms with E-state index in [4.69, 9.17) is 10.5 Å². The van der Waals surface area contributed by atoms with E-state index in [1.165, 1.54) is 0 Å². The fourth-order valence-corrected chi connectivity index (χ4v) is 1.56. The van der Waals surface area contributed by atoms with Crippen molar-refractivity contribution in [2.24, 2.45) is 5.73 Å². The van der Waals surface area contributed by atoms with E-state index in [1.54, 1.807) is 24.3 Å². The van der Waals surface area contributed by atoms with Crippen LogP contribution in [0, 0.1) is 0 Å². The van der Waals surface area contributed by atoms with Crippen LogP contribution in [0.4, 0.5) is 4.79 Å². The Morgan fingerprint density at radius 1 is 1.33 bits per heavy atom. The van der Waals surface area contributed by atoms with Crippen molar-refractivity contribution in [3.05, 3.63) is 29.8 Å². The second kappa shape index (κ2) is 8.80. The van der Waals surface area contributed by atoms with E-state index in [1.807, 2.05) is 0 Å². The summed E-state index contributed by atoms with van der Waals surface area (Å²) in [5.41, 5.74) is 5.22. The molecule has 0 bridgehead atoms. The lowest BCUT2D eigenvalue weighted by atomic mass is 10.2. The van der Waals surface area contributed by atoms with Crippen molar-refractivity contribution < 1.29 is 19.5 Å². The van der Waals surface area contributed by atoms with Crippen LogP contribution in [-0.2, 0) is 0 Å². The minimum atomic E-state index is -0.704. The maximum Gasteiger partial charge on any atom is 0.312 e. The summed E-state index contributed by atoms with van der Waals surface area (Å²) >= 11 is 0. The van der Waals surface area contributed by atoms with Crippen LogP contribution in [-0.4, -0.2) is 41.9 Å². The molecule has 0 fully saturated rings. The van der Waals surface area contributed by atoms with E-state index in [2.05, 4.69) is 12.2 Å². The molecule has 7 heteroatoms. The average Bonchev–Trinajstić information content (AvgIpc) is 2.47. The molecule has 1 aromatic carbocycles. The van der Waals surface area contributed by atoms with Crippen molar-refractivity contribution in [3.63, 3.8) is 0 Å². The molecule has 0 aliphatic rings. The first-order valence-electron chi connectivity index (χ1n) is 6.81. The van der Waals surface area contributed by atoms with Gasteiger partial charge in [0.05, 0.1) is 13.2 Å². The molecule has 0 aliphatic heterocycles. The first-order valence-corrected chi connectivity index (χ1v) is 6.81. The van der Waals surface area contributed by atoms with Gasteiger partial charge in [0.2, 0.25) is 0 Å². The van der Waals surface area contributed by atoms with Gasteiger partial charge in [-0.3, -0.25) is 10.0 Å². The highest BCUT2D eigenvalue weighted by molar-refractivity contribution is 5.93. The maximum atomic E-state index is 11.9. The quantitative estimate of drug-likeness (QED) is 0.382. The Morgan fingerprint density at radius 3 is 2.57 bits per heavy atom. The van der Waals surface area contributed by atoms with Crippen LogP contribution in [0.1, 0.15) is 30.1 Å². The number of hydrogen-bond donors (Lipinski definition) is 3. The average molecular weight is 295 g/mol. The van der Waals surface area contributed by atoms with E-state index in [0.717, 1.165) is 12.8 Å². The minimum Gasteiger partial charge on any atom is -0.494 e. The Morgan fingerprint density at radius 2 is 2.00 bits per heavy atom. The number of benzene rings is 1. The molecule has 1 aromatic rings. The monoisotopic (exact) mass is 295 g/mol. The Labute approximate surface area is 123 Å². The second-order valence-electron chi connectivity index (χ2n) is 4.45. The van der Waals surface area contributed by atoms with Gasteiger partial charge in [0.1, 0.15) is 5.75 Å². The van der Waals surface area contributed by atoms with Gasteiger partial charge in [-0.1, -0.05) is 13.3 Å². The number of amides is 3. The molecule has 0 saturated carbocycles. The molecule has 0 aromatic heterocycles. The molecule has 116 valence electrons. The number of hydrogen-bond acceptors (Lipinski definition) is 4. The zero-order valence-corrected chi connectivity index (χ0v) is 12.0. The highest BCUT2D eigenvalue weighted by atomic mass is 16.5. The third-order valence-electron chi connectivity index (χ3n) is 2.73. The molecule has 0 unspecified atom stereocenters. The summed E-state index contributed by atoms with van der Waals surface area (Å²) in [5.74, 6) is 0.126. The first kappa shape index (κ1) is 16.8. The number of rotatable bonds is 8. The van der Waals surface area contributed by atoms with Crippen LogP contribution >= 0.6 is 0 Å². The fraction of sp³-hybridized carbons (Fsp3) is 0.429. The standard InChI is InChI=1S/C14H21N3O4/c1-2-3-10-21-12-6-4-11(5-7-12)13(18)17(20)9-8-16-14(15)19/h4-7,20H,2-3,8-10H2,1H3,(H3,15,16,19). The number of carbonyl (C=O) groups excluding carboxylic acids is 2. The number of unbranched alkanes of at least 4 members (excludes halogenated alkanes) is 1. The van der Waals surface area contributed by atoms with Crippen molar-refractivity contribution in [2.75, 3.05) is 19.7 Å². The van der Waals surface area contributed by atoms with Crippen molar-refractivity contribution in [2.45, 2.75) is 19.8 Å². The number of hydroxylamine groups is 2. The Hall–Kier alpha value is -2.28. The summed E-state index contributed by atoms with van der Waals surface area (Å²) in [6.45, 7) is 2.75. The van der Waals surface area contributed by atoms with Crippen LogP contribution in [0.5, 0.6) is 5.75 Å². The lowest BCUT2D eigenvalue weighted by molar-refractivity contribution is -0.0564. The van der Waals surface area contributed by atoms with E-state index >= 15 is 0 Å².